The number of aromatic carboxylic acids is 1. The monoisotopic (exact) mass is 290 g/mol. The number of fused-ring (bicyclic) bond motifs is 1. The van der Waals surface area contributed by atoms with Gasteiger partial charge in [0.15, 0.2) is 0 Å². The van der Waals surface area contributed by atoms with Crippen LogP contribution in [0.25, 0.3) is 16.8 Å². The zero-order valence-electron chi connectivity index (χ0n) is 12.1. The smallest absolute Gasteiger partial charge is 0.335 e. The molecule has 0 bridgehead atoms. The Morgan fingerprint density at radius 1 is 1.23 bits per heavy atom. The van der Waals surface area contributed by atoms with Gasteiger partial charge in [-0.05, 0) is 47.9 Å². The molecule has 22 heavy (non-hydrogen) atoms. The molecular weight excluding hydrogens is 276 g/mol. The van der Waals surface area contributed by atoms with Crippen molar-refractivity contribution in [1.29, 1.82) is 5.26 Å². The highest BCUT2D eigenvalue weighted by molar-refractivity contribution is 5.88. The number of hydrogen-bond donors (Lipinski definition) is 1. The third-order valence-electron chi connectivity index (χ3n) is 3.79. The summed E-state index contributed by atoms with van der Waals surface area (Å²) in [5, 5.41) is 18.3. The van der Waals surface area contributed by atoms with E-state index in [9.17, 15) is 10.1 Å². The molecule has 108 valence electrons. The summed E-state index contributed by atoms with van der Waals surface area (Å²) in [5.74, 6) is -0.947. The SMILES string of the molecule is CCc1ccn2c(-c3ccc(C(=O)O)cc3)cc(C#N)c2c1. The number of nitrogens with zero attached hydrogens (tertiary/aromatic N) is 2. The Morgan fingerprint density at radius 3 is 2.55 bits per heavy atom. The van der Waals surface area contributed by atoms with E-state index in [1.807, 2.05) is 28.8 Å². The zero-order valence-corrected chi connectivity index (χ0v) is 12.1. The molecule has 0 atom stereocenters. The first-order chi connectivity index (χ1) is 10.6. The van der Waals surface area contributed by atoms with E-state index in [1.54, 1.807) is 24.3 Å². The number of aromatic nitrogens is 1. The van der Waals surface area contributed by atoms with Gasteiger partial charge in [0.2, 0.25) is 0 Å². The van der Waals surface area contributed by atoms with Crippen LogP contribution in [0.3, 0.4) is 0 Å². The van der Waals surface area contributed by atoms with Gasteiger partial charge in [-0.3, -0.25) is 0 Å². The molecule has 1 aromatic carbocycles. The highest BCUT2D eigenvalue weighted by Gasteiger charge is 2.11. The van der Waals surface area contributed by atoms with Crippen LogP contribution in [0, 0.1) is 11.3 Å². The second-order valence-electron chi connectivity index (χ2n) is 5.08. The van der Waals surface area contributed by atoms with E-state index in [0.717, 1.165) is 23.2 Å². The lowest BCUT2D eigenvalue weighted by atomic mass is 10.1. The Bertz CT molecular complexity index is 899. The number of nitriles is 1. The van der Waals surface area contributed by atoms with E-state index >= 15 is 0 Å². The number of carboxylic acid groups (broad SMARTS) is 1. The van der Waals surface area contributed by atoms with Gasteiger partial charge in [-0.2, -0.15) is 5.26 Å². The lowest BCUT2D eigenvalue weighted by molar-refractivity contribution is 0.0697. The minimum atomic E-state index is -0.947. The average molecular weight is 290 g/mol. The summed E-state index contributed by atoms with van der Waals surface area (Å²) in [4.78, 5) is 10.9. The fraction of sp³-hybridized carbons (Fsp3) is 0.111. The highest BCUT2D eigenvalue weighted by atomic mass is 16.4. The summed E-state index contributed by atoms with van der Waals surface area (Å²) >= 11 is 0. The maximum absolute atomic E-state index is 10.9. The first kappa shape index (κ1) is 13.9. The molecule has 3 aromatic rings. The predicted octanol–water partition coefficient (Wildman–Crippen LogP) is 3.74. The van der Waals surface area contributed by atoms with Gasteiger partial charge >= 0.3 is 5.97 Å². The summed E-state index contributed by atoms with van der Waals surface area (Å²) in [6.45, 7) is 2.08. The van der Waals surface area contributed by atoms with Crippen molar-refractivity contribution in [3.63, 3.8) is 0 Å². The van der Waals surface area contributed by atoms with Crippen molar-refractivity contribution in [2.75, 3.05) is 0 Å². The first-order valence-electron chi connectivity index (χ1n) is 7.02. The topological polar surface area (TPSA) is 65.5 Å². The van der Waals surface area contributed by atoms with Gasteiger partial charge in [0.1, 0.15) is 6.07 Å². The summed E-state index contributed by atoms with van der Waals surface area (Å²) in [6.07, 6.45) is 2.87. The lowest BCUT2D eigenvalue weighted by Crippen LogP contribution is -1.95. The Labute approximate surface area is 127 Å². The van der Waals surface area contributed by atoms with E-state index in [-0.39, 0.29) is 5.56 Å². The summed E-state index contributed by atoms with van der Waals surface area (Å²) in [6, 6.07) is 14.8. The Morgan fingerprint density at radius 2 is 1.95 bits per heavy atom. The molecule has 0 spiro atoms. The molecule has 4 nitrogen and oxygen atoms in total. The molecule has 2 heterocycles. The van der Waals surface area contributed by atoms with Crippen molar-refractivity contribution in [2.45, 2.75) is 13.3 Å². The van der Waals surface area contributed by atoms with Crippen molar-refractivity contribution in [2.24, 2.45) is 0 Å². The Balaban J connectivity index is 2.19. The van der Waals surface area contributed by atoms with E-state index in [2.05, 4.69) is 13.0 Å². The predicted molar refractivity (Wildman–Crippen MR) is 83.9 cm³/mol. The maximum atomic E-state index is 10.9. The van der Waals surface area contributed by atoms with Crippen LogP contribution in [0.4, 0.5) is 0 Å². The number of pyridine rings is 1. The minimum absolute atomic E-state index is 0.249. The standard InChI is InChI=1S/C18H14N2O2/c1-2-12-7-8-20-16(9-12)15(11-19)10-17(20)13-3-5-14(6-4-13)18(21)22/h3-10H,2H2,1H3,(H,21,22). The Kier molecular flexibility index (Phi) is 3.40. The number of carbonyl (C=O) groups is 1. The molecule has 0 radical (unpaired) electrons. The van der Waals surface area contributed by atoms with Gasteiger partial charge in [0.25, 0.3) is 0 Å². The van der Waals surface area contributed by atoms with Crippen molar-refractivity contribution >= 4 is 11.5 Å². The highest BCUT2D eigenvalue weighted by Crippen LogP contribution is 2.27. The fourth-order valence-electron chi connectivity index (χ4n) is 2.56. The molecule has 0 saturated carbocycles. The van der Waals surface area contributed by atoms with E-state index < -0.39 is 5.97 Å². The lowest BCUT2D eigenvalue weighted by Gasteiger charge is -2.05. The van der Waals surface area contributed by atoms with E-state index in [4.69, 9.17) is 5.11 Å². The van der Waals surface area contributed by atoms with Gasteiger partial charge in [0.05, 0.1) is 22.3 Å². The van der Waals surface area contributed by atoms with Crippen LogP contribution in [0.5, 0.6) is 0 Å². The van der Waals surface area contributed by atoms with Crippen LogP contribution < -0.4 is 0 Å². The van der Waals surface area contributed by atoms with Crippen LogP contribution >= 0.6 is 0 Å². The van der Waals surface area contributed by atoms with E-state index in [1.165, 1.54) is 5.56 Å². The number of carboxylic acids is 1. The normalized spacial score (nSPS) is 10.5. The second kappa shape index (κ2) is 5.38. The molecule has 3 rings (SSSR count). The van der Waals surface area contributed by atoms with Crippen LogP contribution in [-0.4, -0.2) is 15.5 Å². The molecule has 0 aliphatic rings. The molecule has 0 fully saturated rings. The second-order valence-corrected chi connectivity index (χ2v) is 5.08. The molecule has 1 N–H and O–H groups in total. The minimum Gasteiger partial charge on any atom is -0.478 e. The fourth-order valence-corrected chi connectivity index (χ4v) is 2.56. The molecule has 0 saturated heterocycles. The van der Waals surface area contributed by atoms with Gasteiger partial charge in [-0.25, -0.2) is 4.79 Å². The molecular formula is C18H14N2O2. The maximum Gasteiger partial charge on any atom is 0.335 e. The third kappa shape index (κ3) is 2.23. The molecule has 0 amide bonds. The number of hydrogen-bond acceptors (Lipinski definition) is 2. The van der Waals surface area contributed by atoms with Crippen molar-refractivity contribution in [1.82, 2.24) is 4.40 Å². The van der Waals surface area contributed by atoms with E-state index in [0.29, 0.717) is 5.56 Å². The summed E-state index contributed by atoms with van der Waals surface area (Å²) in [5.41, 5.74) is 4.68. The Hall–Kier alpha value is -3.06. The summed E-state index contributed by atoms with van der Waals surface area (Å²) in [7, 11) is 0. The van der Waals surface area contributed by atoms with Crippen molar-refractivity contribution in [3.05, 3.63) is 65.4 Å². The molecule has 0 unspecified atom stereocenters. The van der Waals surface area contributed by atoms with Crippen LogP contribution in [0.15, 0.2) is 48.7 Å². The molecule has 0 aliphatic heterocycles. The summed E-state index contributed by atoms with van der Waals surface area (Å²) < 4.78 is 1.97. The number of aryl methyl sites for hydroxylation is 1. The van der Waals surface area contributed by atoms with Crippen LogP contribution in [0.2, 0.25) is 0 Å². The first-order valence-corrected chi connectivity index (χ1v) is 7.02. The van der Waals surface area contributed by atoms with Gasteiger partial charge in [0, 0.05) is 6.20 Å². The molecule has 0 aliphatic carbocycles. The average Bonchev–Trinajstić information content (AvgIpc) is 2.92. The van der Waals surface area contributed by atoms with Crippen molar-refractivity contribution in [3.8, 4) is 17.3 Å². The number of rotatable bonds is 3. The zero-order chi connectivity index (χ0) is 15.7. The van der Waals surface area contributed by atoms with Gasteiger partial charge < -0.3 is 9.51 Å². The van der Waals surface area contributed by atoms with Gasteiger partial charge in [-0.15, -0.1) is 0 Å². The largest absolute Gasteiger partial charge is 0.478 e. The quantitative estimate of drug-likeness (QED) is 0.799. The van der Waals surface area contributed by atoms with Crippen LogP contribution in [0.1, 0.15) is 28.4 Å². The molecule has 4 heteroatoms. The van der Waals surface area contributed by atoms with Gasteiger partial charge in [-0.1, -0.05) is 19.1 Å². The van der Waals surface area contributed by atoms with Crippen LogP contribution in [-0.2, 0) is 6.42 Å². The van der Waals surface area contributed by atoms with Crippen molar-refractivity contribution < 1.29 is 9.90 Å². The molecule has 2 aromatic heterocycles. The third-order valence-corrected chi connectivity index (χ3v) is 3.79. The number of benzene rings is 1.